The second kappa shape index (κ2) is 8.74. The monoisotopic (exact) mass is 140 g/mol. The summed E-state index contributed by atoms with van der Waals surface area (Å²) in [7, 11) is 0. The second-order valence-corrected chi connectivity index (χ2v) is 2.73. The first-order valence-electron chi connectivity index (χ1n) is 4.56. The first kappa shape index (κ1) is 9.74. The number of hydrogen-bond donors (Lipinski definition) is 0. The Labute approximate surface area is 65.3 Å². The maximum atomic E-state index is 2.30. The number of unbranched alkanes of at least 4 members (excludes halogenated alkanes) is 4. The van der Waals surface area contributed by atoms with E-state index in [0.717, 1.165) is 0 Å². The molecule has 0 spiro atoms. The molecular weight excluding hydrogens is 120 g/mol. The molecule has 0 amide bonds. The van der Waals surface area contributed by atoms with Gasteiger partial charge in [0.1, 0.15) is 0 Å². The van der Waals surface area contributed by atoms with E-state index in [2.05, 4.69) is 26.0 Å². The van der Waals surface area contributed by atoms with Crippen molar-refractivity contribution < 1.29 is 0 Å². The van der Waals surface area contributed by atoms with Gasteiger partial charge >= 0.3 is 0 Å². The molecule has 10 heavy (non-hydrogen) atoms. The lowest BCUT2D eigenvalue weighted by Crippen LogP contribution is -1.73. The van der Waals surface area contributed by atoms with Crippen LogP contribution in [0.3, 0.4) is 0 Å². The molecule has 0 aromatic carbocycles. The molecule has 0 N–H and O–H groups in total. The van der Waals surface area contributed by atoms with Gasteiger partial charge in [-0.05, 0) is 19.3 Å². The summed E-state index contributed by atoms with van der Waals surface area (Å²) in [4.78, 5) is 0. The molecule has 60 valence electrons. The Morgan fingerprint density at radius 1 is 0.900 bits per heavy atom. The Bertz CT molecular complexity index is 72.1. The van der Waals surface area contributed by atoms with Gasteiger partial charge in [0.15, 0.2) is 0 Å². The van der Waals surface area contributed by atoms with Crippen molar-refractivity contribution in [1.82, 2.24) is 0 Å². The lowest BCUT2D eigenvalue weighted by molar-refractivity contribution is 0.674. The topological polar surface area (TPSA) is 0 Å². The summed E-state index contributed by atoms with van der Waals surface area (Å²) in [6, 6.07) is 0. The maximum absolute atomic E-state index is 2.30. The van der Waals surface area contributed by atoms with Gasteiger partial charge in [-0.3, -0.25) is 0 Å². The Morgan fingerprint density at radius 2 is 1.70 bits per heavy atom. The van der Waals surface area contributed by atoms with Gasteiger partial charge in [-0.25, -0.2) is 0 Å². The third-order valence-corrected chi connectivity index (χ3v) is 1.63. The van der Waals surface area contributed by atoms with Crippen molar-refractivity contribution in [3.8, 4) is 0 Å². The molecule has 0 heterocycles. The molecule has 0 atom stereocenters. The fraction of sp³-hybridized carbons (Fsp3) is 0.800. The highest BCUT2D eigenvalue weighted by molar-refractivity contribution is 4.79. The molecule has 0 rings (SSSR count). The van der Waals surface area contributed by atoms with Crippen molar-refractivity contribution in [1.29, 1.82) is 0 Å². The quantitative estimate of drug-likeness (QED) is 0.387. The van der Waals surface area contributed by atoms with Crippen LogP contribution in [0.15, 0.2) is 12.2 Å². The Balaban J connectivity index is 2.83. The van der Waals surface area contributed by atoms with Gasteiger partial charge < -0.3 is 0 Å². The Hall–Kier alpha value is -0.260. The van der Waals surface area contributed by atoms with Crippen molar-refractivity contribution in [3.05, 3.63) is 12.2 Å². The van der Waals surface area contributed by atoms with E-state index < -0.39 is 0 Å². The highest BCUT2D eigenvalue weighted by Gasteiger charge is 1.82. The minimum absolute atomic E-state index is 1.19. The number of allylic oxidation sites excluding steroid dienone is 2. The van der Waals surface area contributed by atoms with Gasteiger partial charge in [0.2, 0.25) is 0 Å². The van der Waals surface area contributed by atoms with E-state index in [-0.39, 0.29) is 0 Å². The van der Waals surface area contributed by atoms with Crippen LogP contribution in [0, 0.1) is 0 Å². The normalized spacial score (nSPS) is 11.0. The van der Waals surface area contributed by atoms with Gasteiger partial charge in [-0.15, -0.1) is 0 Å². The first-order valence-corrected chi connectivity index (χ1v) is 4.56. The largest absolute Gasteiger partial charge is 0.0888 e. The summed E-state index contributed by atoms with van der Waals surface area (Å²) < 4.78 is 0. The second-order valence-electron chi connectivity index (χ2n) is 2.73. The van der Waals surface area contributed by atoms with Crippen LogP contribution in [0.4, 0.5) is 0 Å². The third-order valence-electron chi connectivity index (χ3n) is 1.63. The third kappa shape index (κ3) is 7.74. The van der Waals surface area contributed by atoms with E-state index in [1.165, 1.54) is 38.5 Å². The molecule has 0 aromatic rings. The van der Waals surface area contributed by atoms with Crippen LogP contribution in [0.25, 0.3) is 0 Å². The summed E-state index contributed by atoms with van der Waals surface area (Å²) >= 11 is 0. The zero-order valence-corrected chi connectivity index (χ0v) is 7.40. The average molecular weight is 140 g/mol. The predicted molar refractivity (Wildman–Crippen MR) is 48.2 cm³/mol. The molecular formula is C10H20. The molecule has 0 saturated carbocycles. The van der Waals surface area contributed by atoms with Crippen molar-refractivity contribution in [2.75, 3.05) is 0 Å². The van der Waals surface area contributed by atoms with E-state index in [1.54, 1.807) is 0 Å². The molecule has 0 aliphatic heterocycles. The maximum Gasteiger partial charge on any atom is -0.0351 e. The van der Waals surface area contributed by atoms with E-state index in [9.17, 15) is 0 Å². The molecule has 0 unspecified atom stereocenters. The molecule has 0 aromatic heterocycles. The molecule has 0 bridgehead atoms. The van der Waals surface area contributed by atoms with Crippen LogP contribution >= 0.6 is 0 Å². The van der Waals surface area contributed by atoms with E-state index >= 15 is 0 Å². The van der Waals surface area contributed by atoms with Gasteiger partial charge in [0.25, 0.3) is 0 Å². The molecule has 0 aliphatic carbocycles. The number of rotatable bonds is 6. The van der Waals surface area contributed by atoms with E-state index in [1.807, 2.05) is 0 Å². The molecule has 0 saturated heterocycles. The zero-order valence-electron chi connectivity index (χ0n) is 7.40. The zero-order chi connectivity index (χ0) is 7.66. The standard InChI is InChI=1S/C10H20/c1-3-5-7-9-10-8-6-4-2/h5,7H,3-4,6,8-10H2,1-2H3. The SMILES string of the molecule is CCC=CCCCCCC. The molecule has 0 heteroatoms. The highest BCUT2D eigenvalue weighted by Crippen LogP contribution is 2.02. The Kier molecular flexibility index (Phi) is 8.51. The Morgan fingerprint density at radius 3 is 2.30 bits per heavy atom. The highest BCUT2D eigenvalue weighted by atomic mass is 13.9. The lowest BCUT2D eigenvalue weighted by atomic mass is 10.1. The van der Waals surface area contributed by atoms with Crippen LogP contribution < -0.4 is 0 Å². The van der Waals surface area contributed by atoms with Crippen molar-refractivity contribution in [2.24, 2.45) is 0 Å². The van der Waals surface area contributed by atoms with Crippen LogP contribution in [-0.4, -0.2) is 0 Å². The molecule has 0 aliphatic rings. The average Bonchev–Trinajstić information content (AvgIpc) is 1.97. The van der Waals surface area contributed by atoms with E-state index in [0.29, 0.717) is 0 Å². The summed E-state index contributed by atoms with van der Waals surface area (Å²) in [5, 5.41) is 0. The van der Waals surface area contributed by atoms with Crippen molar-refractivity contribution >= 4 is 0 Å². The van der Waals surface area contributed by atoms with Gasteiger partial charge in [0.05, 0.1) is 0 Å². The predicted octanol–water partition coefficient (Wildman–Crippen LogP) is 3.92. The van der Waals surface area contributed by atoms with Gasteiger partial charge in [0, 0.05) is 0 Å². The number of hydrogen-bond acceptors (Lipinski definition) is 0. The molecule has 0 nitrogen and oxygen atoms in total. The van der Waals surface area contributed by atoms with Crippen molar-refractivity contribution in [3.63, 3.8) is 0 Å². The lowest BCUT2D eigenvalue weighted by Gasteiger charge is -1.92. The molecule has 0 radical (unpaired) electrons. The van der Waals surface area contributed by atoms with E-state index in [4.69, 9.17) is 0 Å². The summed E-state index contributed by atoms with van der Waals surface area (Å²) in [6.45, 7) is 4.43. The van der Waals surface area contributed by atoms with Crippen molar-refractivity contribution in [2.45, 2.75) is 52.4 Å². The van der Waals surface area contributed by atoms with Crippen LogP contribution in [0.5, 0.6) is 0 Å². The molecule has 0 fully saturated rings. The fourth-order valence-corrected chi connectivity index (χ4v) is 0.973. The van der Waals surface area contributed by atoms with Gasteiger partial charge in [-0.2, -0.15) is 0 Å². The summed E-state index contributed by atoms with van der Waals surface area (Å²) in [6.07, 6.45) is 12.6. The smallest absolute Gasteiger partial charge is 0.0351 e. The minimum atomic E-state index is 1.19. The van der Waals surface area contributed by atoms with Crippen LogP contribution in [-0.2, 0) is 0 Å². The minimum Gasteiger partial charge on any atom is -0.0888 e. The fourth-order valence-electron chi connectivity index (χ4n) is 0.973. The van der Waals surface area contributed by atoms with Crippen LogP contribution in [0.1, 0.15) is 52.4 Å². The van der Waals surface area contributed by atoms with Gasteiger partial charge in [-0.1, -0.05) is 45.3 Å². The summed E-state index contributed by atoms with van der Waals surface area (Å²) in [5.41, 5.74) is 0. The first-order chi connectivity index (χ1) is 4.91. The van der Waals surface area contributed by atoms with Crippen LogP contribution in [0.2, 0.25) is 0 Å². The summed E-state index contributed by atoms with van der Waals surface area (Å²) in [5.74, 6) is 0.